The van der Waals surface area contributed by atoms with Crippen LogP contribution in [0.15, 0.2) is 47.4 Å². The summed E-state index contributed by atoms with van der Waals surface area (Å²) in [7, 11) is 0. The number of carbonyl (C=O) groups is 2. The van der Waals surface area contributed by atoms with Gasteiger partial charge in [-0.15, -0.1) is 11.3 Å². The number of carbonyl (C=O) groups excluding carboxylic acids is 1. The van der Waals surface area contributed by atoms with Gasteiger partial charge in [0, 0.05) is 17.0 Å². The van der Waals surface area contributed by atoms with Crippen LogP contribution in [0.2, 0.25) is 0 Å². The molecule has 0 saturated carbocycles. The molecule has 0 spiro atoms. The second kappa shape index (κ2) is 7.84. The minimum atomic E-state index is -1.46. The molecule has 0 bridgehead atoms. The van der Waals surface area contributed by atoms with Crippen molar-refractivity contribution in [1.29, 1.82) is 0 Å². The molecule has 0 aliphatic carbocycles. The van der Waals surface area contributed by atoms with Crippen LogP contribution >= 0.6 is 11.3 Å². The zero-order valence-corrected chi connectivity index (χ0v) is 16.0. The Balaban J connectivity index is 1.79. The molecule has 3 heterocycles. The lowest BCUT2D eigenvalue weighted by Crippen LogP contribution is -2.15. The summed E-state index contributed by atoms with van der Waals surface area (Å²) in [6.45, 7) is 0. The Morgan fingerprint density at radius 2 is 1.90 bits per heavy atom. The lowest BCUT2D eigenvalue weighted by Gasteiger charge is -2.11. The van der Waals surface area contributed by atoms with Gasteiger partial charge in [0.15, 0.2) is 11.4 Å². The van der Waals surface area contributed by atoms with Crippen molar-refractivity contribution >= 4 is 39.9 Å². The molecule has 0 fully saturated rings. The number of anilines is 1. The van der Waals surface area contributed by atoms with Crippen LogP contribution < -0.4 is 5.32 Å². The van der Waals surface area contributed by atoms with Crippen LogP contribution in [-0.4, -0.2) is 37.0 Å². The number of carboxylic acids is 1. The predicted molar refractivity (Wildman–Crippen MR) is 107 cm³/mol. The van der Waals surface area contributed by atoms with E-state index >= 15 is 0 Å². The minimum absolute atomic E-state index is 0.0150. The maximum absolute atomic E-state index is 13.1. The summed E-state index contributed by atoms with van der Waals surface area (Å²) in [5.41, 5.74) is 2.51. The van der Waals surface area contributed by atoms with Gasteiger partial charge in [-0.25, -0.2) is 19.2 Å². The van der Waals surface area contributed by atoms with Crippen LogP contribution in [0.25, 0.3) is 10.9 Å². The fraction of sp³-hybridized carbons (Fsp3) is 0.0500. The van der Waals surface area contributed by atoms with Crippen molar-refractivity contribution in [3.63, 3.8) is 0 Å². The highest BCUT2D eigenvalue weighted by Gasteiger charge is 2.21. The number of benzene rings is 1. The van der Waals surface area contributed by atoms with Crippen molar-refractivity contribution in [3.8, 4) is 5.75 Å². The van der Waals surface area contributed by atoms with Crippen molar-refractivity contribution < 1.29 is 24.2 Å². The monoisotopic (exact) mass is 424 g/mol. The second-order valence-corrected chi connectivity index (χ2v) is 7.05. The van der Waals surface area contributed by atoms with Gasteiger partial charge in [-0.05, 0) is 35.7 Å². The van der Waals surface area contributed by atoms with Crippen molar-refractivity contribution in [2.24, 2.45) is 0 Å². The molecule has 0 radical (unpaired) electrons. The van der Waals surface area contributed by atoms with E-state index in [2.05, 4.69) is 20.3 Å². The Hall–Kier alpha value is -3.92. The number of halogens is 1. The van der Waals surface area contributed by atoms with Crippen molar-refractivity contribution in [3.05, 3.63) is 75.8 Å². The van der Waals surface area contributed by atoms with E-state index in [4.69, 9.17) is 0 Å². The highest BCUT2D eigenvalue weighted by atomic mass is 32.1. The Bertz CT molecular complexity index is 1260. The van der Waals surface area contributed by atoms with Gasteiger partial charge >= 0.3 is 5.97 Å². The van der Waals surface area contributed by atoms with E-state index < -0.39 is 23.3 Å². The van der Waals surface area contributed by atoms with Gasteiger partial charge in [0.05, 0.1) is 5.51 Å². The smallest absolute Gasteiger partial charge is 0.358 e. The molecule has 0 aliphatic heterocycles. The number of hydrogen-bond donors (Lipinski definition) is 3. The topological polar surface area (TPSA) is 125 Å². The van der Waals surface area contributed by atoms with Gasteiger partial charge in [0.1, 0.15) is 22.8 Å². The summed E-state index contributed by atoms with van der Waals surface area (Å²) in [5, 5.41) is 24.0. The van der Waals surface area contributed by atoms with Crippen LogP contribution in [0, 0.1) is 5.82 Å². The normalized spacial score (nSPS) is 10.8. The minimum Gasteiger partial charge on any atom is -0.504 e. The molecule has 4 aromatic rings. The predicted octanol–water partition coefficient (Wildman–Crippen LogP) is 3.47. The Labute approximate surface area is 172 Å². The summed E-state index contributed by atoms with van der Waals surface area (Å²) in [6, 6.07) is 7.59. The molecular formula is C20H13FN4O4S. The summed E-state index contributed by atoms with van der Waals surface area (Å²) in [4.78, 5) is 35.9. The molecule has 1 amide bonds. The third-order valence-corrected chi connectivity index (χ3v) is 4.88. The molecule has 0 unspecified atom stereocenters. The maximum atomic E-state index is 13.1. The van der Waals surface area contributed by atoms with Gasteiger partial charge in [0.25, 0.3) is 5.91 Å². The number of aromatic carboxylic acids is 1. The number of carboxylic acid groups (broad SMARTS) is 1. The first-order valence-corrected chi connectivity index (χ1v) is 9.55. The molecule has 10 heteroatoms. The van der Waals surface area contributed by atoms with E-state index in [1.807, 2.05) is 0 Å². The molecular weight excluding hydrogens is 411 g/mol. The number of nitrogens with one attached hydrogen (secondary N) is 1. The van der Waals surface area contributed by atoms with E-state index in [1.165, 1.54) is 40.6 Å². The van der Waals surface area contributed by atoms with Crippen LogP contribution in [0.4, 0.5) is 10.2 Å². The third-order valence-electron chi connectivity index (χ3n) is 4.29. The first-order chi connectivity index (χ1) is 14.4. The highest BCUT2D eigenvalue weighted by Crippen LogP contribution is 2.32. The number of hydrogen-bond acceptors (Lipinski definition) is 7. The fourth-order valence-corrected chi connectivity index (χ4v) is 3.42. The summed E-state index contributed by atoms with van der Waals surface area (Å²) < 4.78 is 13.1. The molecule has 150 valence electrons. The standard InChI is InChI=1S/C20H13FN4O4S/c21-12-3-1-10(2-4-12)5-11-6-13-15(22-7-11)17(26)16(20(28)29)24-18(13)25-19(27)14-8-30-9-23-14/h1-4,6-9,26H,5H2,(H,28,29)(H,24,25,27). The molecule has 3 N–H and O–H groups in total. The molecule has 30 heavy (non-hydrogen) atoms. The Morgan fingerprint density at radius 1 is 1.13 bits per heavy atom. The van der Waals surface area contributed by atoms with E-state index in [0.29, 0.717) is 12.0 Å². The molecule has 0 saturated heterocycles. The van der Waals surface area contributed by atoms with Crippen LogP contribution in [0.5, 0.6) is 5.75 Å². The van der Waals surface area contributed by atoms with E-state index in [1.54, 1.807) is 18.2 Å². The van der Waals surface area contributed by atoms with Gasteiger partial charge < -0.3 is 15.5 Å². The van der Waals surface area contributed by atoms with Gasteiger partial charge in [-0.2, -0.15) is 0 Å². The zero-order chi connectivity index (χ0) is 21.3. The van der Waals surface area contributed by atoms with Crippen molar-refractivity contribution in [2.75, 3.05) is 5.32 Å². The molecule has 0 atom stereocenters. The average molecular weight is 424 g/mol. The SMILES string of the molecule is O=C(Nc1nc(C(=O)O)c(O)c2ncc(Cc3ccc(F)cc3)cc12)c1cscn1. The fourth-order valence-electron chi connectivity index (χ4n) is 2.89. The number of amides is 1. The number of fused-ring (bicyclic) bond motifs is 1. The van der Waals surface area contributed by atoms with Crippen molar-refractivity contribution in [2.45, 2.75) is 6.42 Å². The number of rotatable bonds is 5. The molecule has 3 aromatic heterocycles. The van der Waals surface area contributed by atoms with Gasteiger partial charge in [-0.1, -0.05) is 12.1 Å². The largest absolute Gasteiger partial charge is 0.504 e. The zero-order valence-electron chi connectivity index (χ0n) is 15.2. The van der Waals surface area contributed by atoms with E-state index in [9.17, 15) is 24.2 Å². The van der Waals surface area contributed by atoms with Gasteiger partial charge in [0.2, 0.25) is 0 Å². The lowest BCUT2D eigenvalue weighted by molar-refractivity contribution is 0.0687. The van der Waals surface area contributed by atoms with E-state index in [-0.39, 0.29) is 28.2 Å². The third kappa shape index (κ3) is 3.80. The first kappa shape index (κ1) is 19.4. The molecule has 0 aliphatic rings. The Morgan fingerprint density at radius 3 is 2.57 bits per heavy atom. The maximum Gasteiger partial charge on any atom is 0.358 e. The molecule has 1 aromatic carbocycles. The number of nitrogens with zero attached hydrogens (tertiary/aromatic N) is 3. The second-order valence-electron chi connectivity index (χ2n) is 6.33. The van der Waals surface area contributed by atoms with Crippen LogP contribution in [-0.2, 0) is 6.42 Å². The number of pyridine rings is 2. The highest BCUT2D eigenvalue weighted by molar-refractivity contribution is 7.07. The number of thiazole rings is 1. The summed E-state index contributed by atoms with van der Waals surface area (Å²) in [5.74, 6) is -3.05. The first-order valence-electron chi connectivity index (χ1n) is 8.61. The molecule has 8 nitrogen and oxygen atoms in total. The average Bonchev–Trinajstić information content (AvgIpc) is 3.26. The Kier molecular flexibility index (Phi) is 5.07. The summed E-state index contributed by atoms with van der Waals surface area (Å²) in [6.07, 6.45) is 1.88. The quantitative estimate of drug-likeness (QED) is 0.448. The molecule has 4 rings (SSSR count). The van der Waals surface area contributed by atoms with Crippen LogP contribution in [0.3, 0.4) is 0 Å². The lowest BCUT2D eigenvalue weighted by atomic mass is 10.0. The van der Waals surface area contributed by atoms with Gasteiger partial charge in [-0.3, -0.25) is 9.78 Å². The summed E-state index contributed by atoms with van der Waals surface area (Å²) >= 11 is 1.23. The van der Waals surface area contributed by atoms with Crippen LogP contribution in [0.1, 0.15) is 32.1 Å². The van der Waals surface area contributed by atoms with Crippen molar-refractivity contribution in [1.82, 2.24) is 15.0 Å². The number of aromatic hydroxyl groups is 1. The van der Waals surface area contributed by atoms with E-state index in [0.717, 1.165) is 5.56 Å². The number of aromatic nitrogens is 3.